The fraction of sp³-hybridized carbons (Fsp3) is 0.0556. The van der Waals surface area contributed by atoms with Crippen LogP contribution in [0.25, 0.3) is 5.69 Å². The van der Waals surface area contributed by atoms with Crippen molar-refractivity contribution in [2.24, 2.45) is 0 Å². The molecule has 1 heterocycles. The molecular weight excluding hydrogens is 363 g/mol. The number of halogens is 3. The summed E-state index contributed by atoms with van der Waals surface area (Å²) in [5.74, 6) is -0.921. The smallest absolute Gasteiger partial charge is 0.406 e. The van der Waals surface area contributed by atoms with E-state index in [1.165, 1.54) is 23.0 Å². The minimum Gasteiger partial charge on any atom is -0.406 e. The maximum Gasteiger partial charge on any atom is 0.573 e. The van der Waals surface area contributed by atoms with Crippen molar-refractivity contribution in [2.75, 3.05) is 5.32 Å². The lowest BCUT2D eigenvalue weighted by molar-refractivity contribution is -0.274. The Morgan fingerprint density at radius 1 is 1.07 bits per heavy atom. The highest BCUT2D eigenvalue weighted by molar-refractivity contribution is 6.04. The molecule has 0 radical (unpaired) electrons. The molecule has 6 nitrogen and oxygen atoms in total. The Morgan fingerprint density at radius 3 is 2.33 bits per heavy atom. The minimum absolute atomic E-state index is 0.160. The van der Waals surface area contributed by atoms with Crippen LogP contribution in [0.5, 0.6) is 5.75 Å². The predicted octanol–water partition coefficient (Wildman–Crippen LogP) is 3.84. The number of aromatic nitrogens is 2. The molecule has 0 saturated heterocycles. The van der Waals surface area contributed by atoms with Gasteiger partial charge in [0.1, 0.15) is 12.0 Å². The number of rotatable bonds is 5. The van der Waals surface area contributed by atoms with Crippen LogP contribution in [0, 0.1) is 0 Å². The summed E-state index contributed by atoms with van der Waals surface area (Å²) in [5, 5.41) is 6.71. The molecule has 0 unspecified atom stereocenters. The van der Waals surface area contributed by atoms with Gasteiger partial charge in [0.2, 0.25) is 0 Å². The molecule has 0 aliphatic rings. The lowest BCUT2D eigenvalue weighted by atomic mass is 10.2. The Balaban J connectivity index is 1.67. The molecule has 0 fully saturated rings. The zero-order chi connectivity index (χ0) is 19.4. The number of amides is 1. The van der Waals surface area contributed by atoms with E-state index < -0.39 is 18.0 Å². The average molecular weight is 375 g/mol. The van der Waals surface area contributed by atoms with Gasteiger partial charge in [0.25, 0.3) is 5.91 Å². The van der Waals surface area contributed by atoms with Crippen LogP contribution >= 0.6 is 0 Å². The van der Waals surface area contributed by atoms with Gasteiger partial charge in [-0.25, -0.2) is 4.68 Å². The molecule has 0 saturated carbocycles. The lowest BCUT2D eigenvalue weighted by Crippen LogP contribution is -2.17. The monoisotopic (exact) mass is 375 g/mol. The first kappa shape index (κ1) is 18.2. The van der Waals surface area contributed by atoms with Gasteiger partial charge in [0.05, 0.1) is 23.8 Å². The molecule has 1 amide bonds. The highest BCUT2D eigenvalue weighted by Crippen LogP contribution is 2.23. The van der Waals surface area contributed by atoms with E-state index in [-0.39, 0.29) is 5.56 Å². The van der Waals surface area contributed by atoms with Gasteiger partial charge in [-0.3, -0.25) is 9.59 Å². The van der Waals surface area contributed by atoms with Crippen molar-refractivity contribution in [1.82, 2.24) is 9.78 Å². The van der Waals surface area contributed by atoms with E-state index in [0.29, 0.717) is 16.9 Å². The number of aldehydes is 1. The van der Waals surface area contributed by atoms with E-state index in [1.54, 1.807) is 30.5 Å². The van der Waals surface area contributed by atoms with Crippen molar-refractivity contribution >= 4 is 17.9 Å². The number of hydrogen-bond acceptors (Lipinski definition) is 4. The molecule has 0 aliphatic heterocycles. The Morgan fingerprint density at radius 2 is 1.74 bits per heavy atom. The summed E-state index contributed by atoms with van der Waals surface area (Å²) in [6, 6.07) is 11.2. The molecule has 0 spiro atoms. The first-order valence-electron chi connectivity index (χ1n) is 7.61. The van der Waals surface area contributed by atoms with Crippen LogP contribution in [-0.2, 0) is 0 Å². The summed E-state index contributed by atoms with van der Waals surface area (Å²) in [6.45, 7) is 0. The second kappa shape index (κ2) is 7.32. The van der Waals surface area contributed by atoms with Gasteiger partial charge in [-0.2, -0.15) is 5.10 Å². The molecule has 0 aliphatic carbocycles. The quantitative estimate of drug-likeness (QED) is 0.688. The van der Waals surface area contributed by atoms with Crippen LogP contribution in [0.1, 0.15) is 20.7 Å². The van der Waals surface area contributed by atoms with E-state index >= 15 is 0 Å². The summed E-state index contributed by atoms with van der Waals surface area (Å²) in [6.07, 6.45) is -1.08. The predicted molar refractivity (Wildman–Crippen MR) is 90.0 cm³/mol. The second-order valence-corrected chi connectivity index (χ2v) is 5.41. The molecule has 1 N–H and O–H groups in total. The number of alkyl halides is 3. The van der Waals surface area contributed by atoms with Gasteiger partial charge in [0, 0.05) is 11.1 Å². The molecule has 27 heavy (non-hydrogen) atoms. The van der Waals surface area contributed by atoms with Crippen LogP contribution in [0.2, 0.25) is 0 Å². The minimum atomic E-state index is -4.79. The van der Waals surface area contributed by atoms with Crippen LogP contribution in [0.3, 0.4) is 0 Å². The van der Waals surface area contributed by atoms with Gasteiger partial charge in [-0.05, 0) is 48.5 Å². The van der Waals surface area contributed by atoms with Gasteiger partial charge in [-0.1, -0.05) is 0 Å². The Labute approximate surface area is 151 Å². The second-order valence-electron chi connectivity index (χ2n) is 5.41. The largest absolute Gasteiger partial charge is 0.573 e. The number of nitrogens with zero attached hydrogens (tertiary/aromatic N) is 2. The summed E-state index contributed by atoms with van der Waals surface area (Å²) in [7, 11) is 0. The number of ether oxygens (including phenoxy) is 1. The summed E-state index contributed by atoms with van der Waals surface area (Å²) in [5.41, 5.74) is 1.77. The van der Waals surface area contributed by atoms with E-state index in [4.69, 9.17) is 0 Å². The molecule has 138 valence electrons. The first-order valence-corrected chi connectivity index (χ1v) is 7.61. The van der Waals surface area contributed by atoms with Gasteiger partial charge in [-0.15, -0.1) is 13.2 Å². The van der Waals surface area contributed by atoms with Crippen molar-refractivity contribution in [1.29, 1.82) is 0 Å². The molecule has 1 aromatic heterocycles. The van der Waals surface area contributed by atoms with Crippen LogP contribution in [0.15, 0.2) is 60.9 Å². The van der Waals surface area contributed by atoms with Crippen LogP contribution < -0.4 is 10.1 Å². The summed E-state index contributed by atoms with van der Waals surface area (Å²) >= 11 is 0. The summed E-state index contributed by atoms with van der Waals surface area (Å²) in [4.78, 5) is 22.9. The molecule has 2 aromatic carbocycles. The third-order valence-corrected chi connectivity index (χ3v) is 3.48. The SMILES string of the molecule is O=Cc1ccc(-n2cc(NC(=O)c3ccc(OC(F)(F)F)cc3)cn2)cc1. The van der Waals surface area contributed by atoms with Crippen molar-refractivity contribution in [2.45, 2.75) is 6.36 Å². The third kappa shape index (κ3) is 4.72. The van der Waals surface area contributed by atoms with Crippen LogP contribution in [0.4, 0.5) is 18.9 Å². The number of carbonyl (C=O) groups is 2. The standard InChI is InChI=1S/C18H12F3N3O3/c19-18(20,21)27-16-7-3-13(4-8-16)17(26)23-14-9-22-24(10-14)15-5-1-12(11-25)2-6-15/h1-11H,(H,23,26). The topological polar surface area (TPSA) is 73.2 Å². The molecule has 3 rings (SSSR count). The maximum absolute atomic E-state index is 12.2. The maximum atomic E-state index is 12.2. The van der Waals surface area contributed by atoms with E-state index in [9.17, 15) is 22.8 Å². The van der Waals surface area contributed by atoms with E-state index in [0.717, 1.165) is 18.4 Å². The van der Waals surface area contributed by atoms with Gasteiger partial charge >= 0.3 is 6.36 Å². The zero-order valence-electron chi connectivity index (χ0n) is 13.6. The molecular formula is C18H12F3N3O3. The van der Waals surface area contributed by atoms with E-state index in [2.05, 4.69) is 15.2 Å². The Hall–Kier alpha value is -3.62. The Bertz CT molecular complexity index is 948. The highest BCUT2D eigenvalue weighted by atomic mass is 19.4. The molecule has 9 heteroatoms. The molecule has 0 bridgehead atoms. The van der Waals surface area contributed by atoms with Crippen molar-refractivity contribution in [3.8, 4) is 11.4 Å². The lowest BCUT2D eigenvalue weighted by Gasteiger charge is -2.09. The van der Waals surface area contributed by atoms with Crippen molar-refractivity contribution < 1.29 is 27.5 Å². The van der Waals surface area contributed by atoms with E-state index in [1.807, 2.05) is 0 Å². The highest BCUT2D eigenvalue weighted by Gasteiger charge is 2.31. The van der Waals surface area contributed by atoms with Crippen molar-refractivity contribution in [3.63, 3.8) is 0 Å². The van der Waals surface area contributed by atoms with Crippen LogP contribution in [-0.4, -0.2) is 28.3 Å². The average Bonchev–Trinajstić information content (AvgIpc) is 3.09. The number of hydrogen-bond donors (Lipinski definition) is 1. The number of benzene rings is 2. The third-order valence-electron chi connectivity index (χ3n) is 3.48. The van der Waals surface area contributed by atoms with Crippen molar-refractivity contribution in [3.05, 3.63) is 72.1 Å². The summed E-state index contributed by atoms with van der Waals surface area (Å²) < 4.78 is 41.7. The normalized spacial score (nSPS) is 11.1. The fourth-order valence-electron chi connectivity index (χ4n) is 2.25. The number of anilines is 1. The fourth-order valence-corrected chi connectivity index (χ4v) is 2.25. The number of carbonyl (C=O) groups excluding carboxylic acids is 2. The van der Waals surface area contributed by atoms with Gasteiger partial charge in [0.15, 0.2) is 0 Å². The zero-order valence-corrected chi connectivity index (χ0v) is 13.6. The molecule has 3 aromatic rings. The van der Waals surface area contributed by atoms with Gasteiger partial charge < -0.3 is 10.1 Å². The number of nitrogens with one attached hydrogen (secondary N) is 1. The molecule has 0 atom stereocenters. The first-order chi connectivity index (χ1) is 12.8. The Kier molecular flexibility index (Phi) is 4.93.